The molecule has 5 heteroatoms. The third-order valence-corrected chi connectivity index (χ3v) is 6.12. The molecule has 2 N–H and O–H groups in total. The number of rotatable bonds is 5. The SMILES string of the molecule is O=C(Cc1c[nH]c2ccccc12)N1C[C@@H](CO)[C@@H](CN2CCCCC2)C1. The zero-order chi connectivity index (χ0) is 17.9. The second kappa shape index (κ2) is 7.80. The number of nitrogens with zero attached hydrogens (tertiary/aromatic N) is 2. The van der Waals surface area contributed by atoms with Crippen LogP contribution < -0.4 is 0 Å². The lowest BCUT2D eigenvalue weighted by Gasteiger charge is -2.30. The number of para-hydroxylation sites is 1. The third kappa shape index (κ3) is 3.64. The molecule has 140 valence electrons. The number of amides is 1. The Kier molecular flexibility index (Phi) is 5.27. The zero-order valence-electron chi connectivity index (χ0n) is 15.4. The van der Waals surface area contributed by atoms with Gasteiger partial charge >= 0.3 is 0 Å². The molecule has 0 aliphatic carbocycles. The van der Waals surface area contributed by atoms with E-state index in [9.17, 15) is 9.90 Å². The summed E-state index contributed by atoms with van der Waals surface area (Å²) in [5.41, 5.74) is 2.14. The van der Waals surface area contributed by atoms with Crippen molar-refractivity contribution in [3.05, 3.63) is 36.0 Å². The first-order valence-corrected chi connectivity index (χ1v) is 9.90. The van der Waals surface area contributed by atoms with Crippen LogP contribution in [0.4, 0.5) is 0 Å². The summed E-state index contributed by atoms with van der Waals surface area (Å²) in [5, 5.41) is 10.9. The summed E-state index contributed by atoms with van der Waals surface area (Å²) in [4.78, 5) is 20.6. The van der Waals surface area contributed by atoms with Crippen LogP contribution in [-0.2, 0) is 11.2 Å². The van der Waals surface area contributed by atoms with Crippen molar-refractivity contribution < 1.29 is 9.90 Å². The Morgan fingerprint density at radius 3 is 2.69 bits per heavy atom. The molecule has 2 aromatic rings. The van der Waals surface area contributed by atoms with E-state index >= 15 is 0 Å². The fourth-order valence-electron chi connectivity index (χ4n) is 4.58. The summed E-state index contributed by atoms with van der Waals surface area (Å²) >= 11 is 0. The van der Waals surface area contributed by atoms with Crippen LogP contribution in [0.2, 0.25) is 0 Å². The number of aromatic amines is 1. The number of hydrogen-bond acceptors (Lipinski definition) is 3. The van der Waals surface area contributed by atoms with Crippen molar-refractivity contribution >= 4 is 16.8 Å². The normalized spacial score (nSPS) is 24.4. The van der Waals surface area contributed by atoms with Crippen molar-refractivity contribution in [3.8, 4) is 0 Å². The fraction of sp³-hybridized carbons (Fsp3) is 0.571. The molecular formula is C21H29N3O2. The van der Waals surface area contributed by atoms with Crippen LogP contribution >= 0.6 is 0 Å². The van der Waals surface area contributed by atoms with Crippen LogP contribution in [0.5, 0.6) is 0 Å². The van der Waals surface area contributed by atoms with Crippen LogP contribution in [0.3, 0.4) is 0 Å². The summed E-state index contributed by atoms with van der Waals surface area (Å²) in [5.74, 6) is 0.781. The topological polar surface area (TPSA) is 59.6 Å². The molecule has 0 bridgehead atoms. The van der Waals surface area contributed by atoms with Crippen molar-refractivity contribution in [1.82, 2.24) is 14.8 Å². The number of carbonyl (C=O) groups is 1. The predicted octanol–water partition coefficient (Wildman–Crippen LogP) is 2.26. The minimum atomic E-state index is 0.175. The molecule has 0 unspecified atom stereocenters. The fourth-order valence-corrected chi connectivity index (χ4v) is 4.58. The van der Waals surface area contributed by atoms with E-state index in [0.717, 1.165) is 42.6 Å². The molecule has 0 spiro atoms. The van der Waals surface area contributed by atoms with Crippen molar-refractivity contribution in [2.75, 3.05) is 39.3 Å². The van der Waals surface area contributed by atoms with Crippen LogP contribution in [0, 0.1) is 11.8 Å². The summed E-state index contributed by atoms with van der Waals surface area (Å²) < 4.78 is 0. The van der Waals surface area contributed by atoms with E-state index in [0.29, 0.717) is 18.9 Å². The molecular weight excluding hydrogens is 326 g/mol. The molecule has 0 saturated carbocycles. The molecule has 4 rings (SSSR count). The number of fused-ring (bicyclic) bond motifs is 1. The van der Waals surface area contributed by atoms with Gasteiger partial charge in [0.05, 0.1) is 6.42 Å². The quantitative estimate of drug-likeness (QED) is 0.865. The Bertz CT molecular complexity index is 751. The largest absolute Gasteiger partial charge is 0.396 e. The van der Waals surface area contributed by atoms with Gasteiger partial charge in [0.2, 0.25) is 5.91 Å². The molecule has 2 aliphatic rings. The molecule has 1 aromatic heterocycles. The third-order valence-electron chi connectivity index (χ3n) is 6.12. The molecule has 26 heavy (non-hydrogen) atoms. The van der Waals surface area contributed by atoms with Gasteiger partial charge in [0.15, 0.2) is 0 Å². The standard InChI is InChI=1S/C21H29N3O2/c25-15-18-14-24(13-17(18)12-23-8-4-1-5-9-23)21(26)10-16-11-22-20-7-3-2-6-19(16)20/h2-3,6-7,11,17-18,22,25H,1,4-5,8-10,12-15H2/t17-,18-/m0/s1. The van der Waals surface area contributed by atoms with E-state index in [1.54, 1.807) is 0 Å². The minimum absolute atomic E-state index is 0.175. The molecule has 1 aromatic carbocycles. The highest BCUT2D eigenvalue weighted by atomic mass is 16.3. The molecule has 2 aliphatic heterocycles. The van der Waals surface area contributed by atoms with Gasteiger partial charge in [-0.3, -0.25) is 4.79 Å². The Morgan fingerprint density at radius 2 is 1.88 bits per heavy atom. The van der Waals surface area contributed by atoms with Gasteiger partial charge in [0.25, 0.3) is 0 Å². The molecule has 1 amide bonds. The van der Waals surface area contributed by atoms with Crippen molar-refractivity contribution in [2.45, 2.75) is 25.7 Å². The molecule has 3 heterocycles. The number of benzene rings is 1. The van der Waals surface area contributed by atoms with Crippen molar-refractivity contribution in [3.63, 3.8) is 0 Å². The molecule has 2 saturated heterocycles. The maximum atomic E-state index is 12.9. The number of carbonyl (C=O) groups excluding carboxylic acids is 1. The first-order chi connectivity index (χ1) is 12.7. The Morgan fingerprint density at radius 1 is 1.12 bits per heavy atom. The van der Waals surface area contributed by atoms with Crippen LogP contribution in [0.1, 0.15) is 24.8 Å². The van der Waals surface area contributed by atoms with E-state index in [-0.39, 0.29) is 18.4 Å². The van der Waals surface area contributed by atoms with E-state index in [4.69, 9.17) is 0 Å². The van der Waals surface area contributed by atoms with E-state index < -0.39 is 0 Å². The van der Waals surface area contributed by atoms with Gasteiger partial charge in [-0.2, -0.15) is 0 Å². The van der Waals surface area contributed by atoms with E-state index in [1.165, 1.54) is 19.3 Å². The first-order valence-electron chi connectivity index (χ1n) is 9.90. The number of aromatic nitrogens is 1. The van der Waals surface area contributed by atoms with Gasteiger partial charge in [-0.05, 0) is 43.5 Å². The summed E-state index contributed by atoms with van der Waals surface area (Å²) in [6, 6.07) is 8.11. The maximum absolute atomic E-state index is 12.9. The monoisotopic (exact) mass is 355 g/mol. The van der Waals surface area contributed by atoms with Crippen LogP contribution in [0.25, 0.3) is 10.9 Å². The van der Waals surface area contributed by atoms with E-state index in [2.05, 4.69) is 16.0 Å². The highest BCUT2D eigenvalue weighted by Gasteiger charge is 2.35. The zero-order valence-corrected chi connectivity index (χ0v) is 15.4. The lowest BCUT2D eigenvalue weighted by Crippen LogP contribution is -2.37. The van der Waals surface area contributed by atoms with Crippen molar-refractivity contribution in [2.24, 2.45) is 11.8 Å². The Balaban J connectivity index is 1.40. The van der Waals surface area contributed by atoms with E-state index in [1.807, 2.05) is 29.3 Å². The predicted molar refractivity (Wildman–Crippen MR) is 103 cm³/mol. The van der Waals surface area contributed by atoms with Crippen LogP contribution in [0.15, 0.2) is 30.5 Å². The van der Waals surface area contributed by atoms with Crippen LogP contribution in [-0.4, -0.2) is 65.1 Å². The highest BCUT2D eigenvalue weighted by molar-refractivity contribution is 5.89. The number of aliphatic hydroxyl groups excluding tert-OH is 1. The van der Waals surface area contributed by atoms with Gasteiger partial charge < -0.3 is 19.9 Å². The summed E-state index contributed by atoms with van der Waals surface area (Å²) in [7, 11) is 0. The molecule has 5 nitrogen and oxygen atoms in total. The molecule has 2 fully saturated rings. The number of hydrogen-bond donors (Lipinski definition) is 2. The number of nitrogens with one attached hydrogen (secondary N) is 1. The van der Waals surface area contributed by atoms with Gasteiger partial charge in [0, 0.05) is 49.3 Å². The van der Waals surface area contributed by atoms with Gasteiger partial charge in [-0.15, -0.1) is 0 Å². The number of aliphatic hydroxyl groups is 1. The second-order valence-electron chi connectivity index (χ2n) is 7.90. The lowest BCUT2D eigenvalue weighted by molar-refractivity contribution is -0.129. The number of likely N-dealkylation sites (tertiary alicyclic amines) is 2. The van der Waals surface area contributed by atoms with Crippen molar-refractivity contribution in [1.29, 1.82) is 0 Å². The second-order valence-corrected chi connectivity index (χ2v) is 7.90. The molecule has 2 atom stereocenters. The maximum Gasteiger partial charge on any atom is 0.227 e. The number of piperidine rings is 1. The average Bonchev–Trinajstić information content (AvgIpc) is 3.27. The van der Waals surface area contributed by atoms with Gasteiger partial charge in [-0.25, -0.2) is 0 Å². The smallest absolute Gasteiger partial charge is 0.227 e. The Labute approximate surface area is 155 Å². The Hall–Kier alpha value is -1.85. The number of H-pyrrole nitrogens is 1. The lowest BCUT2D eigenvalue weighted by atomic mass is 9.95. The molecule has 0 radical (unpaired) electrons. The minimum Gasteiger partial charge on any atom is -0.396 e. The van der Waals surface area contributed by atoms with Gasteiger partial charge in [-0.1, -0.05) is 24.6 Å². The van der Waals surface area contributed by atoms with Gasteiger partial charge in [0.1, 0.15) is 0 Å². The summed E-state index contributed by atoms with van der Waals surface area (Å²) in [6.45, 7) is 4.99. The summed E-state index contributed by atoms with van der Waals surface area (Å²) in [6.07, 6.45) is 6.27. The highest BCUT2D eigenvalue weighted by Crippen LogP contribution is 2.27. The average molecular weight is 355 g/mol. The first kappa shape index (κ1) is 17.6.